The number of benzene rings is 1. The van der Waals surface area contributed by atoms with Crippen LogP contribution >= 0.6 is 15.9 Å². The van der Waals surface area contributed by atoms with E-state index in [-0.39, 0.29) is 18.0 Å². The van der Waals surface area contributed by atoms with Crippen LogP contribution in [0.1, 0.15) is 16.8 Å². The fourth-order valence-corrected chi connectivity index (χ4v) is 3.67. The average molecular weight is 360 g/mol. The van der Waals surface area contributed by atoms with Crippen LogP contribution in [0.15, 0.2) is 34.0 Å². The summed E-state index contributed by atoms with van der Waals surface area (Å²) in [5.41, 5.74) is 1.80. The van der Waals surface area contributed by atoms with Gasteiger partial charge in [0.15, 0.2) is 0 Å². The third-order valence-corrected chi connectivity index (χ3v) is 5.19. The van der Waals surface area contributed by atoms with Gasteiger partial charge in [0.1, 0.15) is 0 Å². The third kappa shape index (κ3) is 3.26. The fourth-order valence-electron chi connectivity index (χ4n) is 1.71. The molecule has 2 rings (SSSR count). The minimum Gasteiger partial charge on any atom is -0.392 e. The Morgan fingerprint density at radius 3 is 2.80 bits per heavy atom. The van der Waals surface area contributed by atoms with Crippen molar-refractivity contribution in [1.29, 1.82) is 0 Å². The number of halogens is 1. The molecule has 0 radical (unpaired) electrons. The molecule has 6 nitrogen and oxygen atoms in total. The lowest BCUT2D eigenvalue weighted by Gasteiger charge is -2.11. The van der Waals surface area contributed by atoms with Crippen molar-refractivity contribution >= 4 is 26.0 Å². The van der Waals surface area contributed by atoms with Gasteiger partial charge in [0.2, 0.25) is 10.0 Å². The molecule has 0 amide bonds. The van der Waals surface area contributed by atoms with E-state index in [0.29, 0.717) is 21.3 Å². The first-order chi connectivity index (χ1) is 9.44. The molecular weight excluding hydrogens is 346 g/mol. The van der Waals surface area contributed by atoms with E-state index in [2.05, 4.69) is 30.6 Å². The van der Waals surface area contributed by atoms with E-state index < -0.39 is 10.0 Å². The van der Waals surface area contributed by atoms with Gasteiger partial charge < -0.3 is 10.1 Å². The van der Waals surface area contributed by atoms with E-state index in [1.165, 1.54) is 12.4 Å². The summed E-state index contributed by atoms with van der Waals surface area (Å²) >= 11 is 3.30. The van der Waals surface area contributed by atoms with Gasteiger partial charge >= 0.3 is 0 Å². The average Bonchev–Trinajstić information content (AvgIpc) is 2.92. The van der Waals surface area contributed by atoms with Crippen molar-refractivity contribution in [3.05, 3.63) is 46.0 Å². The topological polar surface area (TPSA) is 95.1 Å². The highest BCUT2D eigenvalue weighted by Gasteiger charge is 2.19. The number of aromatic nitrogens is 2. The normalized spacial score (nSPS) is 11.8. The van der Waals surface area contributed by atoms with Gasteiger partial charge in [-0.1, -0.05) is 15.9 Å². The number of aliphatic hydroxyl groups excluding tert-OH is 1. The van der Waals surface area contributed by atoms with Gasteiger partial charge in [0.25, 0.3) is 0 Å². The summed E-state index contributed by atoms with van der Waals surface area (Å²) in [5, 5.41) is 9.17. The highest BCUT2D eigenvalue weighted by atomic mass is 79.9. The molecule has 0 spiro atoms. The molecule has 0 atom stereocenters. The summed E-state index contributed by atoms with van der Waals surface area (Å²) in [5.74, 6) is 0. The molecule has 0 bridgehead atoms. The molecule has 1 aromatic carbocycles. The molecule has 0 aliphatic rings. The predicted molar refractivity (Wildman–Crippen MR) is 77.4 cm³/mol. The summed E-state index contributed by atoms with van der Waals surface area (Å²) in [6.07, 6.45) is 3.04. The van der Waals surface area contributed by atoms with E-state index in [1.807, 2.05) is 0 Å². The minimum absolute atomic E-state index is 0.128. The van der Waals surface area contributed by atoms with Crippen molar-refractivity contribution in [2.75, 3.05) is 0 Å². The molecule has 8 heteroatoms. The zero-order chi connectivity index (χ0) is 14.8. The van der Waals surface area contributed by atoms with Crippen LogP contribution in [-0.2, 0) is 23.2 Å². The Hall–Kier alpha value is -1.22. The molecule has 20 heavy (non-hydrogen) atoms. The molecule has 1 aromatic heterocycles. The zero-order valence-electron chi connectivity index (χ0n) is 10.7. The predicted octanol–water partition coefficient (Wildman–Crippen LogP) is 1.45. The first-order valence-electron chi connectivity index (χ1n) is 5.81. The maximum atomic E-state index is 12.3. The molecule has 2 aromatic rings. The molecule has 0 fully saturated rings. The molecule has 0 saturated heterocycles. The van der Waals surface area contributed by atoms with Gasteiger partial charge in [-0.05, 0) is 30.2 Å². The highest BCUT2D eigenvalue weighted by Crippen LogP contribution is 2.25. The number of hydrogen-bond donors (Lipinski definition) is 3. The summed E-state index contributed by atoms with van der Waals surface area (Å²) in [6.45, 7) is 1.61. The minimum atomic E-state index is -3.66. The fraction of sp³-hybridized carbons (Fsp3) is 0.250. The van der Waals surface area contributed by atoms with Crippen molar-refractivity contribution in [1.82, 2.24) is 14.7 Å². The third-order valence-electron chi connectivity index (χ3n) is 2.84. The summed E-state index contributed by atoms with van der Waals surface area (Å²) < 4.78 is 27.8. The van der Waals surface area contributed by atoms with E-state index in [9.17, 15) is 13.5 Å². The zero-order valence-corrected chi connectivity index (χ0v) is 13.1. The summed E-state index contributed by atoms with van der Waals surface area (Å²) in [7, 11) is -3.66. The van der Waals surface area contributed by atoms with Gasteiger partial charge in [0.05, 0.1) is 24.4 Å². The quantitative estimate of drug-likeness (QED) is 0.752. The number of nitrogens with zero attached hydrogens (tertiary/aromatic N) is 1. The van der Waals surface area contributed by atoms with E-state index in [0.717, 1.165) is 0 Å². The van der Waals surface area contributed by atoms with Crippen LogP contribution in [0.4, 0.5) is 0 Å². The second kappa shape index (κ2) is 6.04. The number of aliphatic hydroxyl groups is 1. The Kier molecular flexibility index (Phi) is 4.59. The smallest absolute Gasteiger partial charge is 0.241 e. The van der Waals surface area contributed by atoms with E-state index >= 15 is 0 Å². The van der Waals surface area contributed by atoms with E-state index in [4.69, 9.17) is 0 Å². The molecule has 1 heterocycles. The van der Waals surface area contributed by atoms with Crippen LogP contribution in [0, 0.1) is 6.92 Å². The number of sulfonamides is 1. The maximum Gasteiger partial charge on any atom is 0.241 e. The lowest BCUT2D eigenvalue weighted by molar-refractivity contribution is 0.281. The Bertz CT molecular complexity index is 699. The van der Waals surface area contributed by atoms with Crippen molar-refractivity contribution in [2.45, 2.75) is 25.0 Å². The van der Waals surface area contributed by atoms with Gasteiger partial charge in [-0.3, -0.25) is 0 Å². The molecule has 0 unspecified atom stereocenters. The standard InChI is InChI=1S/C12H14BrN3O3S/c1-8-11(13)2-9(6-17)3-12(8)20(18,19)16-5-10-4-14-7-15-10/h2-4,7,16-17H,5-6H2,1H3,(H,14,15). The largest absolute Gasteiger partial charge is 0.392 e. The van der Waals surface area contributed by atoms with Crippen LogP contribution in [0.25, 0.3) is 0 Å². The number of nitrogens with one attached hydrogen (secondary N) is 2. The lowest BCUT2D eigenvalue weighted by atomic mass is 10.2. The molecule has 108 valence electrons. The second-order valence-corrected chi connectivity index (χ2v) is 6.85. The van der Waals surface area contributed by atoms with Crippen LogP contribution in [0.5, 0.6) is 0 Å². The van der Waals surface area contributed by atoms with Crippen molar-refractivity contribution in [3.8, 4) is 0 Å². The first kappa shape index (κ1) is 15.2. The highest BCUT2D eigenvalue weighted by molar-refractivity contribution is 9.10. The van der Waals surface area contributed by atoms with Gasteiger partial charge in [-0.2, -0.15) is 0 Å². The van der Waals surface area contributed by atoms with Gasteiger partial charge in [-0.15, -0.1) is 0 Å². The van der Waals surface area contributed by atoms with Crippen LogP contribution in [0.3, 0.4) is 0 Å². The first-order valence-corrected chi connectivity index (χ1v) is 8.08. The van der Waals surface area contributed by atoms with Gasteiger partial charge in [-0.25, -0.2) is 18.1 Å². The number of H-pyrrole nitrogens is 1. The second-order valence-electron chi connectivity index (χ2n) is 4.26. The molecule has 0 aliphatic carbocycles. The van der Waals surface area contributed by atoms with Crippen molar-refractivity contribution in [3.63, 3.8) is 0 Å². The Labute approximate surface area is 125 Å². The van der Waals surface area contributed by atoms with Crippen molar-refractivity contribution in [2.24, 2.45) is 0 Å². The molecule has 0 saturated carbocycles. The van der Waals surface area contributed by atoms with Crippen molar-refractivity contribution < 1.29 is 13.5 Å². The molecule has 0 aliphatic heterocycles. The van der Waals surface area contributed by atoms with E-state index in [1.54, 1.807) is 19.2 Å². The molecule has 3 N–H and O–H groups in total. The Morgan fingerprint density at radius 1 is 1.45 bits per heavy atom. The lowest BCUT2D eigenvalue weighted by Crippen LogP contribution is -2.24. The number of hydrogen-bond acceptors (Lipinski definition) is 4. The number of aromatic amines is 1. The SMILES string of the molecule is Cc1c(Br)cc(CO)cc1S(=O)(=O)NCc1cnc[nH]1. The maximum absolute atomic E-state index is 12.3. The Morgan fingerprint density at radius 2 is 2.20 bits per heavy atom. The van der Waals surface area contributed by atoms with Gasteiger partial charge in [0, 0.05) is 16.4 Å². The monoisotopic (exact) mass is 359 g/mol. The number of rotatable bonds is 5. The Balaban J connectivity index is 2.31. The number of imidazole rings is 1. The van der Waals surface area contributed by atoms with Crippen LogP contribution in [0.2, 0.25) is 0 Å². The summed E-state index contributed by atoms with van der Waals surface area (Å²) in [4.78, 5) is 6.79. The van der Waals surface area contributed by atoms with Crippen LogP contribution < -0.4 is 4.72 Å². The summed E-state index contributed by atoms with van der Waals surface area (Å²) in [6, 6.07) is 3.17. The van der Waals surface area contributed by atoms with Crippen LogP contribution in [-0.4, -0.2) is 23.5 Å². The molecular formula is C12H14BrN3O3S.